The molecule has 0 aliphatic heterocycles. The number of carbonyl (C=O) groups excluding carboxylic acids is 1. The van der Waals surface area contributed by atoms with E-state index < -0.39 is 10.0 Å². The molecule has 0 aliphatic carbocycles. The lowest BCUT2D eigenvalue weighted by molar-refractivity contribution is 0.0828. The van der Waals surface area contributed by atoms with Crippen LogP contribution in [0.3, 0.4) is 0 Å². The molecule has 198 valence electrons. The Labute approximate surface area is 227 Å². The van der Waals surface area contributed by atoms with Crippen molar-refractivity contribution in [1.82, 2.24) is 13.9 Å². The number of hydrogen-bond donors (Lipinski definition) is 1. The number of nitrogen functional groups attached to an aromatic ring is 1. The number of fused-ring (bicyclic) bond motifs is 1. The lowest BCUT2D eigenvalue weighted by atomic mass is 9.99. The SMILES string of the molecule is COc1ccccc1-c1cn(S(=O)(=O)c2ccc(C)cc2)c2ncc(-c3ccc(N)c(C(=O)N(C)C)c3)cc12. The van der Waals surface area contributed by atoms with Gasteiger partial charge in [-0.05, 0) is 48.9 Å². The summed E-state index contributed by atoms with van der Waals surface area (Å²) >= 11 is 0. The Bertz CT molecular complexity index is 1820. The van der Waals surface area contributed by atoms with E-state index in [2.05, 4.69) is 4.98 Å². The second-order valence-corrected chi connectivity index (χ2v) is 11.3. The van der Waals surface area contributed by atoms with Gasteiger partial charge in [-0.3, -0.25) is 4.79 Å². The molecule has 0 saturated heterocycles. The van der Waals surface area contributed by atoms with Crippen LogP contribution in [0.15, 0.2) is 90.1 Å². The number of carbonyl (C=O) groups is 1. The van der Waals surface area contributed by atoms with Gasteiger partial charge in [-0.2, -0.15) is 0 Å². The number of benzene rings is 3. The highest BCUT2D eigenvalue weighted by atomic mass is 32.2. The first kappa shape index (κ1) is 26.0. The minimum absolute atomic E-state index is 0.160. The van der Waals surface area contributed by atoms with E-state index in [0.717, 1.165) is 16.7 Å². The number of rotatable bonds is 6. The van der Waals surface area contributed by atoms with Crippen LogP contribution in [0.1, 0.15) is 15.9 Å². The summed E-state index contributed by atoms with van der Waals surface area (Å²) in [6, 6.07) is 21.2. The summed E-state index contributed by atoms with van der Waals surface area (Å²) in [5, 5.41) is 0.616. The van der Waals surface area contributed by atoms with E-state index in [1.165, 1.54) is 8.87 Å². The molecule has 5 rings (SSSR count). The van der Waals surface area contributed by atoms with Crippen molar-refractivity contribution < 1.29 is 17.9 Å². The molecule has 39 heavy (non-hydrogen) atoms. The average molecular weight is 541 g/mol. The summed E-state index contributed by atoms with van der Waals surface area (Å²) in [6.07, 6.45) is 3.18. The molecule has 3 aromatic carbocycles. The van der Waals surface area contributed by atoms with E-state index in [4.69, 9.17) is 10.5 Å². The summed E-state index contributed by atoms with van der Waals surface area (Å²) in [4.78, 5) is 18.9. The molecule has 0 radical (unpaired) electrons. The summed E-state index contributed by atoms with van der Waals surface area (Å²) < 4.78 is 34.3. The fourth-order valence-corrected chi connectivity index (χ4v) is 5.81. The Balaban J connectivity index is 1.76. The number of para-hydroxylation sites is 1. The molecule has 0 saturated carbocycles. The van der Waals surface area contributed by atoms with E-state index in [1.54, 1.807) is 70.0 Å². The molecule has 0 aliphatic rings. The first-order chi connectivity index (χ1) is 18.6. The Morgan fingerprint density at radius 1 is 0.949 bits per heavy atom. The fourth-order valence-electron chi connectivity index (χ4n) is 4.49. The molecule has 2 aromatic heterocycles. The number of amides is 1. The standard InChI is InChI=1S/C30H28N4O4S/c1-19-9-12-22(13-10-19)39(36,37)34-18-26(23-7-5-6-8-28(23)38-4)24-16-21(17-32-29(24)34)20-11-14-27(31)25(15-20)30(35)33(2)3/h5-18H,31H2,1-4H3. The third kappa shape index (κ3) is 4.61. The van der Waals surface area contributed by atoms with E-state index in [-0.39, 0.29) is 16.4 Å². The van der Waals surface area contributed by atoms with Crippen LogP contribution in [-0.2, 0) is 10.0 Å². The Kier molecular flexibility index (Phi) is 6.61. The lowest BCUT2D eigenvalue weighted by Crippen LogP contribution is -2.22. The van der Waals surface area contributed by atoms with Crippen molar-refractivity contribution in [2.24, 2.45) is 0 Å². The number of anilines is 1. The van der Waals surface area contributed by atoms with Crippen molar-refractivity contribution in [3.05, 3.63) is 96.3 Å². The highest BCUT2D eigenvalue weighted by Crippen LogP contribution is 2.38. The van der Waals surface area contributed by atoms with Gasteiger partial charge in [0.2, 0.25) is 0 Å². The van der Waals surface area contributed by atoms with E-state index in [0.29, 0.717) is 33.5 Å². The molecular formula is C30H28N4O4S. The average Bonchev–Trinajstić information content (AvgIpc) is 3.32. The number of aromatic nitrogens is 2. The molecule has 0 atom stereocenters. The zero-order chi connectivity index (χ0) is 27.9. The molecule has 2 heterocycles. The van der Waals surface area contributed by atoms with E-state index in [9.17, 15) is 13.2 Å². The van der Waals surface area contributed by atoms with Crippen molar-refractivity contribution >= 4 is 32.7 Å². The zero-order valence-corrected chi connectivity index (χ0v) is 22.9. The minimum Gasteiger partial charge on any atom is -0.496 e. The molecule has 0 fully saturated rings. The number of pyridine rings is 1. The molecule has 9 heteroatoms. The van der Waals surface area contributed by atoms with Gasteiger partial charge in [0.25, 0.3) is 15.9 Å². The first-order valence-corrected chi connectivity index (χ1v) is 13.6. The third-order valence-electron chi connectivity index (χ3n) is 6.61. The van der Waals surface area contributed by atoms with Crippen LogP contribution in [0, 0.1) is 6.92 Å². The summed E-state index contributed by atoms with van der Waals surface area (Å²) in [5.74, 6) is 0.384. The Hall–Kier alpha value is -4.63. The van der Waals surface area contributed by atoms with Gasteiger partial charge in [-0.25, -0.2) is 17.4 Å². The van der Waals surface area contributed by atoms with Gasteiger partial charge >= 0.3 is 0 Å². The largest absolute Gasteiger partial charge is 0.496 e. The van der Waals surface area contributed by atoms with Crippen molar-refractivity contribution in [1.29, 1.82) is 0 Å². The summed E-state index contributed by atoms with van der Waals surface area (Å²) in [6.45, 7) is 1.90. The van der Waals surface area contributed by atoms with Crippen LogP contribution in [0.4, 0.5) is 5.69 Å². The minimum atomic E-state index is -3.95. The highest BCUT2D eigenvalue weighted by Gasteiger charge is 2.24. The van der Waals surface area contributed by atoms with Crippen LogP contribution in [-0.4, -0.2) is 49.4 Å². The predicted octanol–water partition coefficient (Wildman–Crippen LogP) is 5.21. The number of nitrogens with two attached hydrogens (primary N) is 1. The molecule has 0 unspecified atom stereocenters. The van der Waals surface area contributed by atoms with Crippen molar-refractivity contribution in [3.8, 4) is 28.0 Å². The topological polar surface area (TPSA) is 108 Å². The van der Waals surface area contributed by atoms with E-state index >= 15 is 0 Å². The number of hydrogen-bond acceptors (Lipinski definition) is 6. The number of nitrogens with zero attached hydrogens (tertiary/aromatic N) is 3. The maximum atomic E-state index is 13.8. The highest BCUT2D eigenvalue weighted by molar-refractivity contribution is 7.90. The monoisotopic (exact) mass is 540 g/mol. The van der Waals surface area contributed by atoms with Crippen molar-refractivity contribution in [3.63, 3.8) is 0 Å². The molecule has 8 nitrogen and oxygen atoms in total. The van der Waals surface area contributed by atoms with Gasteiger partial charge in [-0.15, -0.1) is 0 Å². The molecule has 5 aromatic rings. The van der Waals surface area contributed by atoms with Crippen molar-refractivity contribution in [2.75, 3.05) is 26.9 Å². The Morgan fingerprint density at radius 2 is 1.67 bits per heavy atom. The van der Waals surface area contributed by atoms with E-state index in [1.807, 2.05) is 43.3 Å². The molecule has 2 N–H and O–H groups in total. The van der Waals surface area contributed by atoms with Crippen molar-refractivity contribution in [2.45, 2.75) is 11.8 Å². The first-order valence-electron chi connectivity index (χ1n) is 12.2. The second-order valence-electron chi connectivity index (χ2n) is 9.45. The number of aryl methyl sites for hydroxylation is 1. The summed E-state index contributed by atoms with van der Waals surface area (Å²) in [5.41, 5.74) is 10.9. The van der Waals surface area contributed by atoms with Gasteiger partial charge in [0, 0.05) is 54.3 Å². The Morgan fingerprint density at radius 3 is 2.36 bits per heavy atom. The number of methoxy groups -OCH3 is 1. The third-order valence-corrected chi connectivity index (χ3v) is 8.27. The molecule has 0 bridgehead atoms. The smallest absolute Gasteiger partial charge is 0.269 e. The number of ether oxygens (including phenoxy) is 1. The zero-order valence-electron chi connectivity index (χ0n) is 22.0. The lowest BCUT2D eigenvalue weighted by Gasteiger charge is -2.14. The maximum absolute atomic E-state index is 13.8. The molecule has 0 spiro atoms. The van der Waals surface area contributed by atoms with Gasteiger partial charge in [0.15, 0.2) is 5.65 Å². The van der Waals surface area contributed by atoms with Gasteiger partial charge in [0.05, 0.1) is 17.6 Å². The quantitative estimate of drug-likeness (QED) is 0.296. The normalized spacial score (nSPS) is 11.5. The van der Waals surface area contributed by atoms with Gasteiger partial charge in [0.1, 0.15) is 5.75 Å². The fraction of sp³-hybridized carbons (Fsp3) is 0.133. The van der Waals surface area contributed by atoms with Crippen LogP contribution in [0.2, 0.25) is 0 Å². The van der Waals surface area contributed by atoms with Crippen LogP contribution in [0.5, 0.6) is 5.75 Å². The van der Waals surface area contributed by atoms with Gasteiger partial charge in [-0.1, -0.05) is 42.0 Å². The summed E-state index contributed by atoms with van der Waals surface area (Å²) in [7, 11) is 0.950. The molecule has 1 amide bonds. The second kappa shape index (κ2) is 9.92. The van der Waals surface area contributed by atoms with Crippen LogP contribution >= 0.6 is 0 Å². The predicted molar refractivity (Wildman–Crippen MR) is 153 cm³/mol. The van der Waals surface area contributed by atoms with Crippen LogP contribution < -0.4 is 10.5 Å². The van der Waals surface area contributed by atoms with Crippen LogP contribution in [0.25, 0.3) is 33.3 Å². The maximum Gasteiger partial charge on any atom is 0.269 e. The molecular weight excluding hydrogens is 512 g/mol. The van der Waals surface area contributed by atoms with Gasteiger partial charge < -0.3 is 15.4 Å².